The molecule has 1 amide bonds. The molecule has 0 heterocycles. The highest BCUT2D eigenvalue weighted by Crippen LogP contribution is 2.14. The fraction of sp³-hybridized carbons (Fsp3) is 0.400. The van der Waals surface area contributed by atoms with Gasteiger partial charge in [0, 0.05) is 18.4 Å². The Bertz CT molecular complexity index is 504. The van der Waals surface area contributed by atoms with Gasteiger partial charge in [-0.25, -0.2) is 0 Å². The Hall–Kier alpha value is -1.87. The van der Waals surface area contributed by atoms with E-state index in [2.05, 4.69) is 17.2 Å². The highest BCUT2D eigenvalue weighted by Gasteiger charge is 2.04. The van der Waals surface area contributed by atoms with E-state index in [0.29, 0.717) is 19.8 Å². The number of nitrogens with two attached hydrogens (primary N) is 1. The molecule has 0 spiro atoms. The Morgan fingerprint density at radius 1 is 1.40 bits per heavy atom. The summed E-state index contributed by atoms with van der Waals surface area (Å²) in [5, 5.41) is 2.77. The van der Waals surface area contributed by atoms with Gasteiger partial charge in [0.1, 0.15) is 6.61 Å². The molecule has 3 N–H and O–H groups in total. The van der Waals surface area contributed by atoms with Crippen LogP contribution in [0.5, 0.6) is 0 Å². The van der Waals surface area contributed by atoms with Gasteiger partial charge in [0.05, 0.1) is 19.8 Å². The number of carbonyl (C=O) groups is 1. The maximum absolute atomic E-state index is 11.6. The highest BCUT2D eigenvalue weighted by atomic mass is 16.5. The molecule has 5 nitrogen and oxygen atoms in total. The zero-order chi connectivity index (χ0) is 14.8. The van der Waals surface area contributed by atoms with E-state index in [1.807, 2.05) is 19.1 Å². The minimum Gasteiger partial charge on any atom is -0.382 e. The van der Waals surface area contributed by atoms with Crippen LogP contribution in [0.15, 0.2) is 18.2 Å². The van der Waals surface area contributed by atoms with E-state index >= 15 is 0 Å². The minimum atomic E-state index is -0.193. The standard InChI is InChI=1S/C15H20N2O3/c1-12-10-14(6-5-13(12)4-3-7-16)17-15(18)11-20-9-8-19-2/h5-6,10H,7-9,11,16H2,1-2H3,(H,17,18). The van der Waals surface area contributed by atoms with Crippen molar-refractivity contribution in [3.05, 3.63) is 29.3 Å². The van der Waals surface area contributed by atoms with Crippen molar-refractivity contribution in [2.45, 2.75) is 6.92 Å². The Kier molecular flexibility index (Phi) is 7.36. The second-order valence-electron chi connectivity index (χ2n) is 4.13. The molecule has 1 rings (SSSR count). The van der Waals surface area contributed by atoms with Crippen LogP contribution in [0.1, 0.15) is 11.1 Å². The van der Waals surface area contributed by atoms with Crippen molar-refractivity contribution in [3.8, 4) is 11.8 Å². The smallest absolute Gasteiger partial charge is 0.250 e. The van der Waals surface area contributed by atoms with Crippen molar-refractivity contribution >= 4 is 11.6 Å². The molecule has 0 saturated heterocycles. The molecule has 108 valence electrons. The number of carbonyl (C=O) groups excluding carboxylic acids is 1. The summed E-state index contributed by atoms with van der Waals surface area (Å²) in [6.07, 6.45) is 0. The van der Waals surface area contributed by atoms with Gasteiger partial charge in [-0.3, -0.25) is 4.79 Å². The molecule has 0 atom stereocenters. The van der Waals surface area contributed by atoms with E-state index in [0.717, 1.165) is 16.8 Å². The van der Waals surface area contributed by atoms with Gasteiger partial charge in [-0.15, -0.1) is 0 Å². The molecule has 0 unspecified atom stereocenters. The number of amides is 1. The van der Waals surface area contributed by atoms with Crippen LogP contribution in [0.25, 0.3) is 0 Å². The van der Waals surface area contributed by atoms with Crippen LogP contribution in [0.2, 0.25) is 0 Å². The van der Waals surface area contributed by atoms with Gasteiger partial charge in [-0.2, -0.15) is 0 Å². The number of nitrogens with one attached hydrogen (secondary N) is 1. The molecule has 20 heavy (non-hydrogen) atoms. The third-order valence-corrected chi connectivity index (χ3v) is 2.50. The first-order chi connectivity index (χ1) is 9.67. The van der Waals surface area contributed by atoms with Crippen LogP contribution in [0, 0.1) is 18.8 Å². The number of ether oxygens (including phenoxy) is 2. The Labute approximate surface area is 119 Å². The number of hydrogen-bond acceptors (Lipinski definition) is 4. The van der Waals surface area contributed by atoms with Gasteiger partial charge in [0.25, 0.3) is 0 Å². The van der Waals surface area contributed by atoms with Crippen molar-refractivity contribution in [2.75, 3.05) is 38.8 Å². The summed E-state index contributed by atoms with van der Waals surface area (Å²) in [5.41, 5.74) is 7.96. The quantitative estimate of drug-likeness (QED) is 0.598. The summed E-state index contributed by atoms with van der Waals surface area (Å²) >= 11 is 0. The molecule has 1 aromatic rings. The second kappa shape index (κ2) is 9.10. The lowest BCUT2D eigenvalue weighted by molar-refractivity contribution is -0.121. The van der Waals surface area contributed by atoms with Gasteiger partial charge >= 0.3 is 0 Å². The first kappa shape index (κ1) is 16.2. The molecule has 0 aliphatic carbocycles. The minimum absolute atomic E-state index is 0.0110. The van der Waals surface area contributed by atoms with Crippen LogP contribution >= 0.6 is 0 Å². The fourth-order valence-corrected chi connectivity index (χ4v) is 1.53. The molecular weight excluding hydrogens is 256 g/mol. The largest absolute Gasteiger partial charge is 0.382 e. The van der Waals surface area contributed by atoms with E-state index in [1.165, 1.54) is 0 Å². The van der Waals surface area contributed by atoms with Crippen molar-refractivity contribution in [3.63, 3.8) is 0 Å². The van der Waals surface area contributed by atoms with Crippen molar-refractivity contribution in [1.29, 1.82) is 0 Å². The molecule has 0 aliphatic rings. The summed E-state index contributed by atoms with van der Waals surface area (Å²) in [7, 11) is 1.58. The lowest BCUT2D eigenvalue weighted by atomic mass is 10.1. The summed E-state index contributed by atoms with van der Waals surface area (Å²) in [4.78, 5) is 11.6. The molecule has 5 heteroatoms. The number of aryl methyl sites for hydroxylation is 1. The molecule has 0 bridgehead atoms. The van der Waals surface area contributed by atoms with Gasteiger partial charge < -0.3 is 20.5 Å². The lowest BCUT2D eigenvalue weighted by Crippen LogP contribution is -2.19. The average molecular weight is 276 g/mol. The van der Waals surface area contributed by atoms with Crippen LogP contribution in [-0.2, 0) is 14.3 Å². The summed E-state index contributed by atoms with van der Waals surface area (Å²) in [6, 6.07) is 5.54. The number of rotatable bonds is 6. The molecular formula is C15H20N2O3. The molecule has 0 fully saturated rings. The third kappa shape index (κ3) is 5.85. The number of hydrogen-bond donors (Lipinski definition) is 2. The van der Waals surface area contributed by atoms with Crippen LogP contribution < -0.4 is 11.1 Å². The maximum atomic E-state index is 11.6. The normalized spacial score (nSPS) is 9.75. The zero-order valence-electron chi connectivity index (χ0n) is 11.9. The molecule has 0 radical (unpaired) electrons. The average Bonchev–Trinajstić information content (AvgIpc) is 2.43. The monoisotopic (exact) mass is 276 g/mol. The van der Waals surface area contributed by atoms with Crippen LogP contribution in [0.4, 0.5) is 5.69 Å². The van der Waals surface area contributed by atoms with Crippen LogP contribution in [0.3, 0.4) is 0 Å². The summed E-state index contributed by atoms with van der Waals surface area (Å²) in [6.45, 7) is 3.15. The van der Waals surface area contributed by atoms with E-state index < -0.39 is 0 Å². The second-order valence-corrected chi connectivity index (χ2v) is 4.13. The topological polar surface area (TPSA) is 73.6 Å². The van der Waals surface area contributed by atoms with Crippen molar-refractivity contribution < 1.29 is 14.3 Å². The zero-order valence-corrected chi connectivity index (χ0v) is 11.9. The van der Waals surface area contributed by atoms with E-state index in [-0.39, 0.29) is 12.5 Å². The molecule has 1 aromatic carbocycles. The molecule has 0 aliphatic heterocycles. The maximum Gasteiger partial charge on any atom is 0.250 e. The van der Waals surface area contributed by atoms with Gasteiger partial charge in [-0.1, -0.05) is 11.8 Å². The Morgan fingerprint density at radius 3 is 2.85 bits per heavy atom. The van der Waals surface area contributed by atoms with Gasteiger partial charge in [0.15, 0.2) is 0 Å². The highest BCUT2D eigenvalue weighted by molar-refractivity contribution is 5.91. The Morgan fingerprint density at radius 2 is 2.20 bits per heavy atom. The van der Waals surface area contributed by atoms with Crippen molar-refractivity contribution in [2.24, 2.45) is 5.73 Å². The lowest BCUT2D eigenvalue weighted by Gasteiger charge is -2.07. The third-order valence-electron chi connectivity index (χ3n) is 2.50. The first-order valence-corrected chi connectivity index (χ1v) is 6.33. The van der Waals surface area contributed by atoms with Crippen LogP contribution in [-0.4, -0.2) is 39.4 Å². The summed E-state index contributed by atoms with van der Waals surface area (Å²) < 4.78 is 9.97. The van der Waals surface area contributed by atoms with E-state index in [1.54, 1.807) is 13.2 Å². The predicted octanol–water partition coefficient (Wildman–Crippen LogP) is 0.907. The molecule has 0 saturated carbocycles. The summed E-state index contributed by atoms with van der Waals surface area (Å²) in [5.74, 6) is 5.59. The first-order valence-electron chi connectivity index (χ1n) is 6.33. The number of methoxy groups -OCH3 is 1. The van der Waals surface area contributed by atoms with Gasteiger partial charge in [-0.05, 0) is 30.7 Å². The number of anilines is 1. The van der Waals surface area contributed by atoms with Crippen molar-refractivity contribution in [1.82, 2.24) is 0 Å². The SMILES string of the molecule is COCCOCC(=O)Nc1ccc(C#CCN)c(C)c1. The fourth-order valence-electron chi connectivity index (χ4n) is 1.53. The van der Waals surface area contributed by atoms with E-state index in [9.17, 15) is 4.79 Å². The van der Waals surface area contributed by atoms with Gasteiger partial charge in [0.2, 0.25) is 5.91 Å². The van der Waals surface area contributed by atoms with E-state index in [4.69, 9.17) is 15.2 Å². The Balaban J connectivity index is 2.52. The predicted molar refractivity (Wildman–Crippen MR) is 78.4 cm³/mol. The molecule has 0 aromatic heterocycles. The number of benzene rings is 1.